The first-order valence-electron chi connectivity index (χ1n) is 6.91. The van der Waals surface area contributed by atoms with Crippen molar-refractivity contribution < 1.29 is 9.53 Å². The van der Waals surface area contributed by atoms with Crippen molar-refractivity contribution in [1.29, 1.82) is 0 Å². The van der Waals surface area contributed by atoms with Gasteiger partial charge in [-0.3, -0.25) is 4.79 Å². The Morgan fingerprint density at radius 1 is 1.24 bits per heavy atom. The average molecular weight is 348 g/mol. The minimum Gasteiger partial charge on any atom is -0.481 e. The highest BCUT2D eigenvalue weighted by atomic mass is 79.9. The lowest BCUT2D eigenvalue weighted by Gasteiger charge is -2.15. The van der Waals surface area contributed by atoms with Gasteiger partial charge < -0.3 is 10.1 Å². The first kappa shape index (κ1) is 15.6. The first-order valence-corrected chi connectivity index (χ1v) is 7.70. The van der Waals surface area contributed by atoms with E-state index in [4.69, 9.17) is 4.74 Å². The van der Waals surface area contributed by atoms with Gasteiger partial charge in [-0.2, -0.15) is 0 Å². The zero-order valence-corrected chi connectivity index (χ0v) is 13.7. The van der Waals surface area contributed by atoms with Gasteiger partial charge in [-0.05, 0) is 59.1 Å². The van der Waals surface area contributed by atoms with Crippen LogP contribution in [0.2, 0.25) is 0 Å². The minimum atomic E-state index is -0.566. The molecular weight excluding hydrogens is 330 g/mol. The van der Waals surface area contributed by atoms with Crippen LogP contribution in [0.25, 0.3) is 0 Å². The highest BCUT2D eigenvalue weighted by Gasteiger charge is 2.15. The van der Waals surface area contributed by atoms with Crippen molar-refractivity contribution in [3.05, 3.63) is 58.6 Å². The van der Waals surface area contributed by atoms with E-state index in [1.165, 1.54) is 5.56 Å². The molecule has 1 amide bonds. The van der Waals surface area contributed by atoms with E-state index in [-0.39, 0.29) is 5.91 Å². The highest BCUT2D eigenvalue weighted by molar-refractivity contribution is 9.10. The maximum Gasteiger partial charge on any atom is 0.265 e. The van der Waals surface area contributed by atoms with Gasteiger partial charge in [-0.25, -0.2) is 0 Å². The molecule has 0 saturated heterocycles. The number of carbonyl (C=O) groups excluding carboxylic acids is 1. The molecule has 2 aromatic carbocycles. The van der Waals surface area contributed by atoms with Gasteiger partial charge in [0.05, 0.1) is 5.69 Å². The van der Waals surface area contributed by atoms with Crippen LogP contribution in [0.3, 0.4) is 0 Å². The number of ether oxygens (including phenoxy) is 1. The third-order valence-electron chi connectivity index (χ3n) is 3.12. The lowest BCUT2D eigenvalue weighted by atomic mass is 10.2. The average Bonchev–Trinajstić information content (AvgIpc) is 2.49. The molecule has 0 aromatic heterocycles. The molecule has 2 aromatic rings. The summed E-state index contributed by atoms with van der Waals surface area (Å²) in [5.74, 6) is 0.535. The number of nitrogens with one attached hydrogen (secondary N) is 1. The molecule has 1 unspecified atom stereocenters. The number of benzene rings is 2. The summed E-state index contributed by atoms with van der Waals surface area (Å²) in [7, 11) is 0. The van der Waals surface area contributed by atoms with E-state index >= 15 is 0 Å². The fraction of sp³-hybridized carbons (Fsp3) is 0.235. The van der Waals surface area contributed by atoms with Gasteiger partial charge in [0.1, 0.15) is 5.75 Å². The maximum absolute atomic E-state index is 12.2. The van der Waals surface area contributed by atoms with Gasteiger partial charge in [0.25, 0.3) is 5.91 Å². The second kappa shape index (κ2) is 7.27. The molecule has 0 radical (unpaired) electrons. The summed E-state index contributed by atoms with van der Waals surface area (Å²) >= 11 is 3.40. The molecule has 1 N–H and O–H groups in total. The number of carbonyl (C=O) groups is 1. The molecule has 110 valence electrons. The fourth-order valence-electron chi connectivity index (χ4n) is 1.89. The summed E-state index contributed by atoms with van der Waals surface area (Å²) < 4.78 is 6.55. The van der Waals surface area contributed by atoms with E-state index < -0.39 is 6.10 Å². The SMILES string of the molecule is CCc1cccc(OC(C)C(=O)Nc2ccccc2Br)c1. The second-order valence-electron chi connectivity index (χ2n) is 4.73. The maximum atomic E-state index is 12.2. The number of hydrogen-bond donors (Lipinski definition) is 1. The molecular formula is C17H18BrNO2. The number of aryl methyl sites for hydroxylation is 1. The third kappa shape index (κ3) is 4.33. The van der Waals surface area contributed by atoms with Gasteiger partial charge in [0.2, 0.25) is 0 Å². The van der Waals surface area contributed by atoms with E-state index in [0.29, 0.717) is 5.75 Å². The quantitative estimate of drug-likeness (QED) is 0.869. The summed E-state index contributed by atoms with van der Waals surface area (Å²) in [5, 5.41) is 2.85. The molecule has 1 atom stereocenters. The normalized spacial score (nSPS) is 11.8. The molecule has 2 rings (SSSR count). The van der Waals surface area contributed by atoms with Crippen LogP contribution in [-0.4, -0.2) is 12.0 Å². The Bertz CT molecular complexity index is 628. The molecule has 0 spiro atoms. The number of rotatable bonds is 5. The van der Waals surface area contributed by atoms with Crippen molar-refractivity contribution in [2.24, 2.45) is 0 Å². The summed E-state index contributed by atoms with van der Waals surface area (Å²) in [6.07, 6.45) is 0.374. The van der Waals surface area contributed by atoms with Crippen LogP contribution in [0.1, 0.15) is 19.4 Å². The number of anilines is 1. The molecule has 0 fully saturated rings. The van der Waals surface area contributed by atoms with Gasteiger partial charge >= 0.3 is 0 Å². The summed E-state index contributed by atoms with van der Waals surface area (Å²) in [6, 6.07) is 15.3. The van der Waals surface area contributed by atoms with Crippen LogP contribution in [-0.2, 0) is 11.2 Å². The number of hydrogen-bond acceptors (Lipinski definition) is 2. The van der Waals surface area contributed by atoms with Gasteiger partial charge in [-0.15, -0.1) is 0 Å². The van der Waals surface area contributed by atoms with Gasteiger partial charge in [0.15, 0.2) is 6.10 Å². The molecule has 21 heavy (non-hydrogen) atoms. The zero-order chi connectivity index (χ0) is 15.2. The van der Waals surface area contributed by atoms with E-state index in [2.05, 4.69) is 28.2 Å². The Morgan fingerprint density at radius 3 is 2.71 bits per heavy atom. The van der Waals surface area contributed by atoms with Crippen molar-refractivity contribution >= 4 is 27.5 Å². The molecule has 0 bridgehead atoms. The summed E-state index contributed by atoms with van der Waals surface area (Å²) in [4.78, 5) is 12.2. The van der Waals surface area contributed by atoms with Crippen molar-refractivity contribution in [2.75, 3.05) is 5.32 Å². The van der Waals surface area contributed by atoms with Gasteiger partial charge in [-0.1, -0.05) is 31.2 Å². The number of para-hydroxylation sites is 1. The van der Waals surface area contributed by atoms with Crippen molar-refractivity contribution in [3.63, 3.8) is 0 Å². The van der Waals surface area contributed by atoms with Crippen molar-refractivity contribution in [3.8, 4) is 5.75 Å². The van der Waals surface area contributed by atoms with Crippen molar-refractivity contribution in [2.45, 2.75) is 26.4 Å². The highest BCUT2D eigenvalue weighted by Crippen LogP contribution is 2.22. The van der Waals surface area contributed by atoms with Crippen LogP contribution < -0.4 is 10.1 Å². The molecule has 0 aliphatic carbocycles. The van der Waals surface area contributed by atoms with Crippen LogP contribution in [0.15, 0.2) is 53.0 Å². The lowest BCUT2D eigenvalue weighted by molar-refractivity contribution is -0.122. The first-order chi connectivity index (χ1) is 10.1. The van der Waals surface area contributed by atoms with Crippen molar-refractivity contribution in [1.82, 2.24) is 0 Å². The zero-order valence-electron chi connectivity index (χ0n) is 12.1. The Labute approximate surface area is 133 Å². The molecule has 0 heterocycles. The van der Waals surface area contributed by atoms with Crippen LogP contribution in [0.5, 0.6) is 5.75 Å². The molecule has 4 heteroatoms. The predicted molar refractivity (Wildman–Crippen MR) is 88.7 cm³/mol. The number of amides is 1. The predicted octanol–water partition coefficient (Wildman–Crippen LogP) is 4.42. The van der Waals surface area contributed by atoms with Crippen LogP contribution >= 0.6 is 15.9 Å². The minimum absolute atomic E-state index is 0.177. The summed E-state index contributed by atoms with van der Waals surface area (Å²) in [6.45, 7) is 3.83. The Balaban J connectivity index is 2.01. The Morgan fingerprint density at radius 2 is 2.00 bits per heavy atom. The molecule has 0 saturated carbocycles. The van der Waals surface area contributed by atoms with Gasteiger partial charge in [0, 0.05) is 4.47 Å². The van der Waals surface area contributed by atoms with E-state index in [1.54, 1.807) is 6.92 Å². The molecule has 3 nitrogen and oxygen atoms in total. The molecule has 0 aliphatic heterocycles. The standard InChI is InChI=1S/C17H18BrNO2/c1-3-13-7-6-8-14(11-13)21-12(2)17(20)19-16-10-5-4-9-15(16)18/h4-12H,3H2,1-2H3,(H,19,20). The molecule has 0 aliphatic rings. The van der Waals surface area contributed by atoms with Crippen LogP contribution in [0.4, 0.5) is 5.69 Å². The topological polar surface area (TPSA) is 38.3 Å². The van der Waals surface area contributed by atoms with Crippen LogP contribution in [0, 0.1) is 0 Å². The summed E-state index contributed by atoms with van der Waals surface area (Å²) in [5.41, 5.74) is 1.92. The monoisotopic (exact) mass is 347 g/mol. The Hall–Kier alpha value is -1.81. The smallest absolute Gasteiger partial charge is 0.265 e. The van der Waals surface area contributed by atoms with E-state index in [1.807, 2.05) is 48.5 Å². The van der Waals surface area contributed by atoms with E-state index in [0.717, 1.165) is 16.6 Å². The second-order valence-corrected chi connectivity index (χ2v) is 5.58. The largest absolute Gasteiger partial charge is 0.481 e. The van der Waals surface area contributed by atoms with E-state index in [9.17, 15) is 4.79 Å². The third-order valence-corrected chi connectivity index (χ3v) is 3.81. The number of halogens is 1. The Kier molecular flexibility index (Phi) is 5.39. The fourth-order valence-corrected chi connectivity index (χ4v) is 2.28. The lowest BCUT2D eigenvalue weighted by Crippen LogP contribution is -2.30.